The molecule has 1 aliphatic heterocycles. The van der Waals surface area contributed by atoms with Crippen molar-refractivity contribution in [2.75, 3.05) is 7.11 Å². The molecule has 0 spiro atoms. The molecule has 2 aromatic carbocycles. The number of ketones is 1. The van der Waals surface area contributed by atoms with Gasteiger partial charge >= 0.3 is 0 Å². The van der Waals surface area contributed by atoms with Crippen LogP contribution in [0.1, 0.15) is 17.2 Å². The second kappa shape index (κ2) is 6.57. The molecule has 0 radical (unpaired) electrons. The first-order chi connectivity index (χ1) is 11.9. The molecule has 1 atom stereocenters. The van der Waals surface area contributed by atoms with Gasteiger partial charge in [0.2, 0.25) is 0 Å². The number of hydrogen-bond acceptors (Lipinski definition) is 4. The van der Waals surface area contributed by atoms with Crippen molar-refractivity contribution < 1.29 is 23.8 Å². The van der Waals surface area contributed by atoms with Crippen molar-refractivity contribution in [3.8, 4) is 5.75 Å². The van der Waals surface area contributed by atoms with Gasteiger partial charge in [-0.1, -0.05) is 23.7 Å². The first-order valence-electron chi connectivity index (χ1n) is 7.30. The molecular weight excluding hydrogens is 349 g/mol. The molecular formula is C18H13ClFNO4. The summed E-state index contributed by atoms with van der Waals surface area (Å²) in [4.78, 5) is 24.0. The number of ether oxygens (including phenoxy) is 1. The van der Waals surface area contributed by atoms with Crippen LogP contribution in [-0.2, 0) is 9.59 Å². The average molecular weight is 362 g/mol. The fourth-order valence-corrected chi connectivity index (χ4v) is 2.77. The summed E-state index contributed by atoms with van der Waals surface area (Å²) in [7, 11) is 1.32. The largest absolute Gasteiger partial charge is 0.507 e. The molecule has 1 amide bonds. The summed E-state index contributed by atoms with van der Waals surface area (Å²) in [6, 6.07) is 9.40. The fourth-order valence-electron chi connectivity index (χ4n) is 2.64. The molecule has 7 heteroatoms. The second-order valence-corrected chi connectivity index (χ2v) is 5.84. The number of hydrogen-bond donors (Lipinski definition) is 2. The Kier molecular flexibility index (Phi) is 4.46. The first-order valence-corrected chi connectivity index (χ1v) is 7.68. The number of nitrogens with one attached hydrogen (secondary N) is 1. The highest BCUT2D eigenvalue weighted by Gasteiger charge is 2.39. The van der Waals surface area contributed by atoms with E-state index in [1.165, 1.54) is 19.2 Å². The summed E-state index contributed by atoms with van der Waals surface area (Å²) < 4.78 is 18.7. The van der Waals surface area contributed by atoms with Crippen molar-refractivity contribution in [1.29, 1.82) is 0 Å². The lowest BCUT2D eigenvalue weighted by molar-refractivity contribution is -0.133. The molecule has 0 saturated carbocycles. The molecule has 1 saturated heterocycles. The van der Waals surface area contributed by atoms with Crippen LogP contribution in [0.3, 0.4) is 0 Å². The number of carbonyl (C=O) groups excluding carboxylic acids is 2. The summed E-state index contributed by atoms with van der Waals surface area (Å²) in [5, 5.41) is 13.5. The molecule has 25 heavy (non-hydrogen) atoms. The number of methoxy groups -OCH3 is 1. The lowest BCUT2D eigenvalue weighted by Crippen LogP contribution is -2.21. The van der Waals surface area contributed by atoms with Crippen LogP contribution in [0, 0.1) is 5.82 Å². The minimum absolute atomic E-state index is 0.00255. The van der Waals surface area contributed by atoms with Gasteiger partial charge in [0.1, 0.15) is 5.76 Å². The van der Waals surface area contributed by atoms with E-state index in [0.29, 0.717) is 10.6 Å². The van der Waals surface area contributed by atoms with Gasteiger partial charge in [0, 0.05) is 10.6 Å². The Balaban J connectivity index is 2.10. The lowest BCUT2D eigenvalue weighted by atomic mass is 9.96. The van der Waals surface area contributed by atoms with E-state index in [-0.39, 0.29) is 16.9 Å². The summed E-state index contributed by atoms with van der Waals surface area (Å²) in [6.45, 7) is 0. The number of benzene rings is 2. The third-order valence-corrected chi connectivity index (χ3v) is 4.15. The highest BCUT2D eigenvalue weighted by atomic mass is 35.5. The molecule has 2 N–H and O–H groups in total. The predicted molar refractivity (Wildman–Crippen MR) is 89.8 cm³/mol. The van der Waals surface area contributed by atoms with Crippen molar-refractivity contribution in [2.45, 2.75) is 6.04 Å². The Morgan fingerprint density at radius 1 is 1.20 bits per heavy atom. The third kappa shape index (κ3) is 3.08. The van der Waals surface area contributed by atoms with Gasteiger partial charge in [-0.3, -0.25) is 9.59 Å². The molecule has 1 unspecified atom stereocenters. The summed E-state index contributed by atoms with van der Waals surface area (Å²) >= 11 is 5.85. The molecule has 1 heterocycles. The summed E-state index contributed by atoms with van der Waals surface area (Å²) in [6.07, 6.45) is 0. The number of rotatable bonds is 3. The van der Waals surface area contributed by atoms with Crippen LogP contribution >= 0.6 is 11.6 Å². The van der Waals surface area contributed by atoms with Crippen molar-refractivity contribution in [3.63, 3.8) is 0 Å². The number of amides is 1. The van der Waals surface area contributed by atoms with Gasteiger partial charge in [-0.05, 0) is 35.9 Å². The summed E-state index contributed by atoms with van der Waals surface area (Å²) in [5.41, 5.74) is 0.494. The zero-order valence-electron chi connectivity index (χ0n) is 13.0. The van der Waals surface area contributed by atoms with Gasteiger partial charge in [0.25, 0.3) is 11.7 Å². The van der Waals surface area contributed by atoms with Crippen molar-refractivity contribution >= 4 is 29.1 Å². The van der Waals surface area contributed by atoms with Gasteiger partial charge in [-0.25, -0.2) is 4.39 Å². The van der Waals surface area contributed by atoms with Gasteiger partial charge < -0.3 is 15.2 Å². The Hall–Kier alpha value is -2.86. The van der Waals surface area contributed by atoms with Crippen molar-refractivity contribution in [2.24, 2.45) is 0 Å². The number of Topliss-reactive ketones (excluding diaryl/α,β-unsaturated/α-hetero) is 1. The molecule has 2 aromatic rings. The van der Waals surface area contributed by atoms with Crippen LogP contribution in [-0.4, -0.2) is 23.9 Å². The topological polar surface area (TPSA) is 75.6 Å². The van der Waals surface area contributed by atoms with Crippen LogP contribution in [0.15, 0.2) is 48.0 Å². The SMILES string of the molecule is COc1ccc(/C(O)=C2/C(=O)C(=O)NC2c2ccc(Cl)cc2)cc1F. The normalized spacial score (nSPS) is 18.9. The standard InChI is InChI=1S/C18H13ClFNO4/c1-25-13-7-4-10(8-12(13)20)16(22)14-15(21-18(24)17(14)23)9-2-5-11(19)6-3-9/h2-8,15,22H,1H3,(H,21,24)/b16-14-. The minimum Gasteiger partial charge on any atom is -0.507 e. The fraction of sp³-hybridized carbons (Fsp3) is 0.111. The van der Waals surface area contributed by atoms with Gasteiger partial charge in [0.15, 0.2) is 11.6 Å². The van der Waals surface area contributed by atoms with Crippen LogP contribution in [0.2, 0.25) is 5.02 Å². The lowest BCUT2D eigenvalue weighted by Gasteiger charge is -2.14. The van der Waals surface area contributed by atoms with Gasteiger partial charge in [0.05, 0.1) is 18.7 Å². The molecule has 0 aromatic heterocycles. The molecule has 5 nitrogen and oxygen atoms in total. The molecule has 0 bridgehead atoms. The zero-order valence-corrected chi connectivity index (χ0v) is 13.8. The maximum absolute atomic E-state index is 13.9. The van der Waals surface area contributed by atoms with Crippen LogP contribution in [0.5, 0.6) is 5.75 Å². The van der Waals surface area contributed by atoms with Crippen LogP contribution in [0.25, 0.3) is 5.76 Å². The number of halogens is 2. The average Bonchev–Trinajstić information content (AvgIpc) is 2.90. The van der Waals surface area contributed by atoms with Crippen LogP contribution in [0.4, 0.5) is 4.39 Å². The van der Waals surface area contributed by atoms with E-state index in [0.717, 1.165) is 6.07 Å². The Bertz CT molecular complexity index is 892. The summed E-state index contributed by atoms with van der Waals surface area (Å²) in [5.74, 6) is -2.86. The van der Waals surface area contributed by atoms with E-state index < -0.39 is 29.3 Å². The number of carbonyl (C=O) groups is 2. The molecule has 0 aliphatic carbocycles. The maximum atomic E-state index is 13.9. The van der Waals surface area contributed by atoms with Crippen molar-refractivity contribution in [3.05, 3.63) is 70.0 Å². The van der Waals surface area contributed by atoms with Gasteiger partial charge in [-0.2, -0.15) is 0 Å². The van der Waals surface area contributed by atoms with Crippen molar-refractivity contribution in [1.82, 2.24) is 5.32 Å². The van der Waals surface area contributed by atoms with E-state index >= 15 is 0 Å². The maximum Gasteiger partial charge on any atom is 0.293 e. The molecule has 3 rings (SSSR count). The third-order valence-electron chi connectivity index (χ3n) is 3.90. The van der Waals surface area contributed by atoms with E-state index in [1.54, 1.807) is 24.3 Å². The van der Waals surface area contributed by atoms with E-state index in [4.69, 9.17) is 16.3 Å². The Morgan fingerprint density at radius 3 is 2.48 bits per heavy atom. The zero-order chi connectivity index (χ0) is 18.1. The van der Waals surface area contributed by atoms with E-state index in [2.05, 4.69) is 5.32 Å². The Morgan fingerprint density at radius 2 is 1.88 bits per heavy atom. The molecule has 1 aliphatic rings. The monoisotopic (exact) mass is 361 g/mol. The quantitative estimate of drug-likeness (QED) is 0.500. The highest BCUT2D eigenvalue weighted by Crippen LogP contribution is 2.34. The number of aliphatic hydroxyl groups excluding tert-OH is 1. The predicted octanol–water partition coefficient (Wildman–Crippen LogP) is 3.20. The molecule has 128 valence electrons. The van der Waals surface area contributed by atoms with Crippen LogP contribution < -0.4 is 10.1 Å². The van der Waals surface area contributed by atoms with Gasteiger partial charge in [-0.15, -0.1) is 0 Å². The first kappa shape index (κ1) is 17.0. The second-order valence-electron chi connectivity index (χ2n) is 5.40. The smallest absolute Gasteiger partial charge is 0.293 e. The van der Waals surface area contributed by atoms with E-state index in [1.807, 2.05) is 0 Å². The molecule has 1 fully saturated rings. The van der Waals surface area contributed by atoms with E-state index in [9.17, 15) is 19.1 Å². The highest BCUT2D eigenvalue weighted by molar-refractivity contribution is 6.46. The number of aliphatic hydroxyl groups is 1. The minimum atomic E-state index is -0.867. The Labute approximate surface area is 147 Å².